The van der Waals surface area contributed by atoms with E-state index in [1.54, 1.807) is 0 Å². The first kappa shape index (κ1) is 12.0. The molecule has 0 saturated carbocycles. The Morgan fingerprint density at radius 1 is 1.32 bits per heavy atom. The normalized spacial score (nSPS) is 13.2. The SMILES string of the molecule is CCC(C)Cn1cnc2c(N)nc3ccccc3c21. The van der Waals surface area contributed by atoms with Crippen molar-refractivity contribution in [3.8, 4) is 0 Å². The van der Waals surface area contributed by atoms with Gasteiger partial charge in [-0.25, -0.2) is 9.97 Å². The quantitative estimate of drug-likeness (QED) is 0.780. The molecule has 1 unspecified atom stereocenters. The molecule has 2 heterocycles. The minimum Gasteiger partial charge on any atom is -0.382 e. The molecule has 0 bridgehead atoms. The highest BCUT2D eigenvalue weighted by Crippen LogP contribution is 2.27. The van der Waals surface area contributed by atoms with Crippen molar-refractivity contribution in [2.75, 3.05) is 5.73 Å². The molecular weight excluding hydrogens is 236 g/mol. The Hall–Kier alpha value is -2.10. The number of pyridine rings is 1. The van der Waals surface area contributed by atoms with E-state index in [0.29, 0.717) is 11.7 Å². The summed E-state index contributed by atoms with van der Waals surface area (Å²) in [6, 6.07) is 8.08. The highest BCUT2D eigenvalue weighted by molar-refractivity contribution is 6.06. The number of nitrogen functional groups attached to an aromatic ring is 1. The zero-order valence-corrected chi connectivity index (χ0v) is 11.3. The van der Waals surface area contributed by atoms with Gasteiger partial charge >= 0.3 is 0 Å². The molecule has 0 saturated heterocycles. The van der Waals surface area contributed by atoms with Crippen LogP contribution < -0.4 is 5.73 Å². The van der Waals surface area contributed by atoms with Crippen LogP contribution in [0.3, 0.4) is 0 Å². The molecule has 3 rings (SSSR count). The average Bonchev–Trinajstić information content (AvgIpc) is 2.83. The third-order valence-electron chi connectivity index (χ3n) is 3.69. The Morgan fingerprint density at radius 2 is 2.11 bits per heavy atom. The number of fused-ring (bicyclic) bond motifs is 3. The number of imidazole rings is 1. The lowest BCUT2D eigenvalue weighted by Gasteiger charge is -2.11. The highest BCUT2D eigenvalue weighted by atomic mass is 15.1. The predicted molar refractivity (Wildman–Crippen MR) is 78.9 cm³/mol. The van der Waals surface area contributed by atoms with Crippen LogP contribution in [0.25, 0.3) is 21.9 Å². The van der Waals surface area contributed by atoms with Gasteiger partial charge in [0, 0.05) is 11.9 Å². The molecule has 0 aliphatic carbocycles. The van der Waals surface area contributed by atoms with Gasteiger partial charge < -0.3 is 10.3 Å². The molecule has 0 aliphatic rings. The van der Waals surface area contributed by atoms with Gasteiger partial charge in [-0.05, 0) is 12.0 Å². The largest absolute Gasteiger partial charge is 0.382 e. The summed E-state index contributed by atoms with van der Waals surface area (Å²) in [6.45, 7) is 5.41. The van der Waals surface area contributed by atoms with E-state index in [1.165, 1.54) is 0 Å². The number of para-hydroxylation sites is 1. The molecule has 4 nitrogen and oxygen atoms in total. The standard InChI is InChI=1S/C15H18N4/c1-3-10(2)8-19-9-17-13-14(19)11-6-4-5-7-12(11)18-15(13)16/h4-7,9-10H,3,8H2,1-2H3,(H2,16,18). The number of nitrogens with zero attached hydrogens (tertiary/aromatic N) is 3. The second-order valence-corrected chi connectivity index (χ2v) is 5.12. The van der Waals surface area contributed by atoms with E-state index in [-0.39, 0.29) is 0 Å². The van der Waals surface area contributed by atoms with Crippen LogP contribution in [0.5, 0.6) is 0 Å². The monoisotopic (exact) mass is 254 g/mol. The Bertz CT molecular complexity index is 729. The van der Waals surface area contributed by atoms with Gasteiger partial charge in [0.2, 0.25) is 0 Å². The van der Waals surface area contributed by atoms with Crippen LogP contribution in [0.4, 0.5) is 5.82 Å². The third-order valence-corrected chi connectivity index (χ3v) is 3.69. The number of rotatable bonds is 3. The van der Waals surface area contributed by atoms with Crippen molar-refractivity contribution in [1.82, 2.24) is 14.5 Å². The van der Waals surface area contributed by atoms with Crippen molar-refractivity contribution in [2.24, 2.45) is 5.92 Å². The van der Waals surface area contributed by atoms with Crippen LogP contribution >= 0.6 is 0 Å². The molecule has 0 aliphatic heterocycles. The molecule has 1 aromatic carbocycles. The Balaban J connectivity index is 2.30. The zero-order valence-electron chi connectivity index (χ0n) is 11.3. The van der Waals surface area contributed by atoms with Crippen molar-refractivity contribution >= 4 is 27.8 Å². The number of aromatic nitrogens is 3. The second-order valence-electron chi connectivity index (χ2n) is 5.12. The van der Waals surface area contributed by atoms with Gasteiger partial charge in [-0.2, -0.15) is 0 Å². The highest BCUT2D eigenvalue weighted by Gasteiger charge is 2.12. The third kappa shape index (κ3) is 1.93. The van der Waals surface area contributed by atoms with Crippen LogP contribution in [0.2, 0.25) is 0 Å². The van der Waals surface area contributed by atoms with Crippen molar-refractivity contribution in [2.45, 2.75) is 26.8 Å². The maximum atomic E-state index is 6.01. The van der Waals surface area contributed by atoms with Gasteiger partial charge in [0.1, 0.15) is 5.52 Å². The number of anilines is 1. The lowest BCUT2D eigenvalue weighted by atomic mass is 10.1. The number of benzene rings is 1. The lowest BCUT2D eigenvalue weighted by molar-refractivity contribution is 0.476. The summed E-state index contributed by atoms with van der Waals surface area (Å²) in [5.74, 6) is 1.13. The maximum absolute atomic E-state index is 6.01. The summed E-state index contributed by atoms with van der Waals surface area (Å²) in [5, 5.41) is 1.12. The molecule has 19 heavy (non-hydrogen) atoms. The average molecular weight is 254 g/mol. The fraction of sp³-hybridized carbons (Fsp3) is 0.333. The summed E-state index contributed by atoms with van der Waals surface area (Å²) >= 11 is 0. The molecule has 0 radical (unpaired) electrons. The number of hydrogen-bond acceptors (Lipinski definition) is 3. The fourth-order valence-corrected chi connectivity index (χ4v) is 2.41. The molecule has 2 aromatic heterocycles. The minimum absolute atomic E-state index is 0.511. The first-order valence-corrected chi connectivity index (χ1v) is 6.69. The number of nitrogens with two attached hydrogens (primary N) is 1. The van der Waals surface area contributed by atoms with Gasteiger partial charge in [0.15, 0.2) is 5.82 Å². The van der Waals surface area contributed by atoms with Gasteiger partial charge in [-0.15, -0.1) is 0 Å². The minimum atomic E-state index is 0.511. The fourth-order valence-electron chi connectivity index (χ4n) is 2.41. The molecule has 0 spiro atoms. The smallest absolute Gasteiger partial charge is 0.152 e. The van der Waals surface area contributed by atoms with E-state index >= 15 is 0 Å². The van der Waals surface area contributed by atoms with Crippen LogP contribution in [-0.4, -0.2) is 14.5 Å². The zero-order chi connectivity index (χ0) is 13.4. The van der Waals surface area contributed by atoms with Crippen molar-refractivity contribution in [3.05, 3.63) is 30.6 Å². The van der Waals surface area contributed by atoms with Crippen LogP contribution in [0.15, 0.2) is 30.6 Å². The maximum Gasteiger partial charge on any atom is 0.152 e. The molecule has 0 amide bonds. The Morgan fingerprint density at radius 3 is 2.89 bits per heavy atom. The molecular formula is C15H18N4. The summed E-state index contributed by atoms with van der Waals surface area (Å²) in [4.78, 5) is 8.85. The van der Waals surface area contributed by atoms with Crippen molar-refractivity contribution < 1.29 is 0 Å². The Kier molecular flexibility index (Phi) is 2.85. The van der Waals surface area contributed by atoms with Crippen molar-refractivity contribution in [3.63, 3.8) is 0 Å². The van der Waals surface area contributed by atoms with Gasteiger partial charge in [0.25, 0.3) is 0 Å². The molecule has 1 atom stereocenters. The molecule has 2 N–H and O–H groups in total. The molecule has 98 valence electrons. The molecule has 4 heteroatoms. The lowest BCUT2D eigenvalue weighted by Crippen LogP contribution is -2.06. The molecule has 3 aromatic rings. The predicted octanol–water partition coefficient (Wildman–Crippen LogP) is 3.21. The summed E-state index contributed by atoms with van der Waals surface area (Å²) in [5.41, 5.74) is 8.85. The summed E-state index contributed by atoms with van der Waals surface area (Å²) in [6.07, 6.45) is 3.03. The van der Waals surface area contributed by atoms with Crippen molar-refractivity contribution in [1.29, 1.82) is 0 Å². The van der Waals surface area contributed by atoms with Crippen LogP contribution in [0, 0.1) is 5.92 Å². The van der Waals surface area contributed by atoms with E-state index in [9.17, 15) is 0 Å². The van der Waals surface area contributed by atoms with Gasteiger partial charge in [-0.3, -0.25) is 0 Å². The van der Waals surface area contributed by atoms with E-state index in [2.05, 4.69) is 34.4 Å². The van der Waals surface area contributed by atoms with E-state index in [0.717, 1.165) is 34.9 Å². The Labute approximate surface area is 112 Å². The van der Waals surface area contributed by atoms with Crippen LogP contribution in [0.1, 0.15) is 20.3 Å². The van der Waals surface area contributed by atoms with E-state index < -0.39 is 0 Å². The topological polar surface area (TPSA) is 56.7 Å². The summed E-state index contributed by atoms with van der Waals surface area (Å²) in [7, 11) is 0. The van der Waals surface area contributed by atoms with E-state index in [4.69, 9.17) is 5.73 Å². The number of hydrogen-bond donors (Lipinski definition) is 1. The molecule has 0 fully saturated rings. The summed E-state index contributed by atoms with van der Waals surface area (Å²) < 4.78 is 2.20. The van der Waals surface area contributed by atoms with E-state index in [1.807, 2.05) is 24.5 Å². The van der Waals surface area contributed by atoms with Gasteiger partial charge in [-0.1, -0.05) is 38.5 Å². The van der Waals surface area contributed by atoms with Gasteiger partial charge in [0.05, 0.1) is 17.4 Å². The second kappa shape index (κ2) is 4.53. The first-order chi connectivity index (χ1) is 9.20. The first-order valence-electron chi connectivity index (χ1n) is 6.69. The van der Waals surface area contributed by atoms with Crippen LogP contribution in [-0.2, 0) is 6.54 Å².